The Morgan fingerprint density at radius 1 is 1.00 bits per heavy atom. The third kappa shape index (κ3) is 3.18. The fourth-order valence-corrected chi connectivity index (χ4v) is 3.63. The Morgan fingerprint density at radius 2 is 1.71 bits per heavy atom. The number of nitrogens with zero attached hydrogens (tertiary/aromatic N) is 3. The highest BCUT2D eigenvalue weighted by atomic mass is 16.5. The van der Waals surface area contributed by atoms with Gasteiger partial charge in [0.15, 0.2) is 17.2 Å². The summed E-state index contributed by atoms with van der Waals surface area (Å²) >= 11 is 0. The van der Waals surface area contributed by atoms with Crippen molar-refractivity contribution in [2.75, 3.05) is 28.4 Å². The summed E-state index contributed by atoms with van der Waals surface area (Å²) in [5.74, 6) is 1.70. The molecule has 0 fully saturated rings. The summed E-state index contributed by atoms with van der Waals surface area (Å²) in [6, 6.07) is 6.26. The Hall–Kier alpha value is -3.38. The molecule has 0 spiro atoms. The van der Waals surface area contributed by atoms with Crippen LogP contribution in [0.5, 0.6) is 23.0 Å². The highest BCUT2D eigenvalue weighted by Gasteiger charge is 2.28. The molecule has 146 valence electrons. The highest BCUT2D eigenvalue weighted by molar-refractivity contribution is 5.82. The normalized spacial score (nSPS) is 14.6. The van der Waals surface area contributed by atoms with Crippen LogP contribution in [0.15, 0.2) is 34.2 Å². The second-order valence-corrected chi connectivity index (χ2v) is 6.22. The second-order valence-electron chi connectivity index (χ2n) is 6.22. The van der Waals surface area contributed by atoms with E-state index in [0.717, 1.165) is 16.7 Å². The van der Waals surface area contributed by atoms with E-state index >= 15 is 0 Å². The smallest absolute Gasteiger partial charge is 0.220 e. The second kappa shape index (κ2) is 8.10. The summed E-state index contributed by atoms with van der Waals surface area (Å²) in [7, 11) is 6.09. The van der Waals surface area contributed by atoms with Crippen LogP contribution < -0.4 is 24.4 Å². The summed E-state index contributed by atoms with van der Waals surface area (Å²) in [6.45, 7) is 0. The van der Waals surface area contributed by atoms with Crippen LogP contribution >= 0.6 is 0 Å². The van der Waals surface area contributed by atoms with Crippen molar-refractivity contribution in [3.8, 4) is 34.1 Å². The SMILES string of the molecule is COc1cc2c(c(OC)c1OC)-c1ccc(OC)c(=O)cc1C(N=[N+]=[N-])CC2. The summed E-state index contributed by atoms with van der Waals surface area (Å²) in [5.41, 5.74) is 11.8. The molecule has 8 heteroatoms. The maximum Gasteiger partial charge on any atom is 0.220 e. The molecule has 1 aliphatic carbocycles. The molecule has 0 aromatic heterocycles. The fourth-order valence-electron chi connectivity index (χ4n) is 3.63. The zero-order valence-corrected chi connectivity index (χ0v) is 16.2. The quantitative estimate of drug-likeness (QED) is 0.440. The van der Waals surface area contributed by atoms with Crippen molar-refractivity contribution in [1.29, 1.82) is 0 Å². The van der Waals surface area contributed by atoms with Gasteiger partial charge in [0.1, 0.15) is 0 Å². The van der Waals surface area contributed by atoms with E-state index in [2.05, 4.69) is 10.0 Å². The van der Waals surface area contributed by atoms with Gasteiger partial charge in [-0.25, -0.2) is 0 Å². The van der Waals surface area contributed by atoms with Crippen LogP contribution in [0.4, 0.5) is 0 Å². The molecule has 3 rings (SSSR count). The van der Waals surface area contributed by atoms with E-state index in [4.69, 9.17) is 24.5 Å². The first-order valence-corrected chi connectivity index (χ1v) is 8.68. The molecule has 0 aliphatic heterocycles. The minimum atomic E-state index is -0.501. The Kier molecular flexibility index (Phi) is 5.61. The molecular formula is C20H21N3O5. The van der Waals surface area contributed by atoms with Crippen LogP contribution in [0.3, 0.4) is 0 Å². The van der Waals surface area contributed by atoms with Crippen molar-refractivity contribution in [2.24, 2.45) is 5.11 Å². The molecule has 0 bridgehead atoms. The monoisotopic (exact) mass is 383 g/mol. The molecular weight excluding hydrogens is 362 g/mol. The van der Waals surface area contributed by atoms with E-state index in [-0.39, 0.29) is 11.2 Å². The van der Waals surface area contributed by atoms with E-state index in [1.165, 1.54) is 20.3 Å². The van der Waals surface area contributed by atoms with Gasteiger partial charge >= 0.3 is 0 Å². The lowest BCUT2D eigenvalue weighted by Crippen LogP contribution is -2.03. The van der Waals surface area contributed by atoms with Gasteiger partial charge in [0, 0.05) is 10.5 Å². The zero-order chi connectivity index (χ0) is 20.3. The Morgan fingerprint density at radius 3 is 2.32 bits per heavy atom. The van der Waals surface area contributed by atoms with Crippen LogP contribution in [0, 0.1) is 0 Å². The number of hydrogen-bond donors (Lipinski definition) is 0. The lowest BCUT2D eigenvalue weighted by molar-refractivity contribution is 0.324. The lowest BCUT2D eigenvalue weighted by atomic mass is 9.95. The minimum absolute atomic E-state index is 0.203. The largest absolute Gasteiger partial charge is 0.493 e. The van der Waals surface area contributed by atoms with Crippen LogP contribution in [-0.2, 0) is 6.42 Å². The number of hydrogen-bond acceptors (Lipinski definition) is 6. The van der Waals surface area contributed by atoms with Crippen molar-refractivity contribution in [1.82, 2.24) is 0 Å². The van der Waals surface area contributed by atoms with Crippen molar-refractivity contribution >= 4 is 0 Å². The van der Waals surface area contributed by atoms with Gasteiger partial charge in [-0.3, -0.25) is 4.79 Å². The molecule has 1 aliphatic rings. The number of benzene rings is 1. The standard InChI is InChI=1S/C20H21N3O5/c1-25-16-8-6-12-13(10-15(16)24)14(22-23-21)7-5-11-9-17(26-2)19(27-3)20(28-4)18(11)12/h6,8-10,14H,5,7H2,1-4H3. The van der Waals surface area contributed by atoms with Gasteiger partial charge in [0.2, 0.25) is 11.2 Å². The van der Waals surface area contributed by atoms with Crippen LogP contribution in [0.1, 0.15) is 23.6 Å². The molecule has 2 aromatic rings. The van der Waals surface area contributed by atoms with E-state index < -0.39 is 6.04 Å². The third-order valence-corrected chi connectivity index (χ3v) is 4.88. The molecule has 0 amide bonds. The van der Waals surface area contributed by atoms with Gasteiger partial charge in [0.25, 0.3) is 0 Å². The zero-order valence-electron chi connectivity index (χ0n) is 16.2. The molecule has 0 heterocycles. The number of azide groups is 1. The first-order valence-electron chi connectivity index (χ1n) is 8.68. The first kappa shape index (κ1) is 19.4. The molecule has 2 aromatic carbocycles. The predicted molar refractivity (Wildman–Crippen MR) is 105 cm³/mol. The summed E-state index contributed by atoms with van der Waals surface area (Å²) in [5, 5.41) is 3.93. The molecule has 1 atom stereocenters. The van der Waals surface area contributed by atoms with Gasteiger partial charge in [0.05, 0.1) is 34.5 Å². The van der Waals surface area contributed by atoms with Crippen molar-refractivity contribution < 1.29 is 18.9 Å². The molecule has 0 saturated heterocycles. The van der Waals surface area contributed by atoms with E-state index in [1.54, 1.807) is 26.4 Å². The maximum absolute atomic E-state index is 12.5. The van der Waals surface area contributed by atoms with Crippen LogP contribution in [-0.4, -0.2) is 28.4 Å². The number of methoxy groups -OCH3 is 4. The molecule has 1 unspecified atom stereocenters. The Labute approximate surface area is 162 Å². The van der Waals surface area contributed by atoms with E-state index in [0.29, 0.717) is 35.7 Å². The topological polar surface area (TPSA) is 103 Å². The maximum atomic E-state index is 12.5. The van der Waals surface area contributed by atoms with Gasteiger partial charge < -0.3 is 18.9 Å². The molecule has 0 N–H and O–H groups in total. The molecule has 28 heavy (non-hydrogen) atoms. The number of ether oxygens (including phenoxy) is 4. The lowest BCUT2D eigenvalue weighted by Gasteiger charge is -2.19. The predicted octanol–water partition coefficient (Wildman–Crippen LogP) is 4.05. The molecule has 0 radical (unpaired) electrons. The summed E-state index contributed by atoms with van der Waals surface area (Å²) in [6.07, 6.45) is 1.15. The van der Waals surface area contributed by atoms with Crippen LogP contribution in [0.2, 0.25) is 0 Å². The summed E-state index contributed by atoms with van der Waals surface area (Å²) < 4.78 is 21.9. The number of aryl methyl sites for hydroxylation is 1. The molecule has 8 nitrogen and oxygen atoms in total. The Bertz CT molecular complexity index is 1020. The first-order chi connectivity index (χ1) is 13.6. The minimum Gasteiger partial charge on any atom is -0.493 e. The van der Waals surface area contributed by atoms with Gasteiger partial charge in [-0.05, 0) is 53.3 Å². The van der Waals surface area contributed by atoms with Crippen LogP contribution in [0.25, 0.3) is 21.6 Å². The van der Waals surface area contributed by atoms with Crippen molar-refractivity contribution in [3.63, 3.8) is 0 Å². The van der Waals surface area contributed by atoms with E-state index in [1.807, 2.05) is 6.07 Å². The average molecular weight is 383 g/mol. The van der Waals surface area contributed by atoms with Gasteiger partial charge in [-0.1, -0.05) is 11.2 Å². The molecule has 0 saturated carbocycles. The van der Waals surface area contributed by atoms with E-state index in [9.17, 15) is 4.79 Å². The Balaban J connectivity index is 2.46. The number of fused-ring (bicyclic) bond motifs is 3. The summed E-state index contributed by atoms with van der Waals surface area (Å²) in [4.78, 5) is 15.5. The van der Waals surface area contributed by atoms with Gasteiger partial charge in [-0.15, -0.1) is 0 Å². The fraction of sp³-hybridized carbons (Fsp3) is 0.350. The van der Waals surface area contributed by atoms with Crippen molar-refractivity contribution in [3.05, 3.63) is 56.1 Å². The third-order valence-electron chi connectivity index (χ3n) is 4.88. The average Bonchev–Trinajstić information content (AvgIpc) is 2.95. The van der Waals surface area contributed by atoms with Gasteiger partial charge in [-0.2, -0.15) is 0 Å². The highest BCUT2D eigenvalue weighted by Crippen LogP contribution is 2.50. The van der Waals surface area contributed by atoms with Crippen molar-refractivity contribution in [2.45, 2.75) is 18.9 Å². The number of rotatable bonds is 5.